The average Bonchev–Trinajstić information content (AvgIpc) is 2.63. The summed E-state index contributed by atoms with van der Waals surface area (Å²) in [5, 5.41) is 2.47. The standard InChI is InChI=1S/C21H22BrNO4/c1-21(2,3)16-9-7-14(8-10-16)18(24)13-27-19(25)12-23-20(26)15-5-4-6-17(22)11-15/h4-11H,12-13H2,1-3H3,(H,23,26). The van der Waals surface area contributed by atoms with Crippen LogP contribution in [0.3, 0.4) is 0 Å². The van der Waals surface area contributed by atoms with Gasteiger partial charge in [-0.15, -0.1) is 0 Å². The Bertz CT molecular complexity index is 838. The molecular weight excluding hydrogens is 410 g/mol. The van der Waals surface area contributed by atoms with Crippen LogP contribution in [0.15, 0.2) is 53.0 Å². The molecular formula is C21H22BrNO4. The monoisotopic (exact) mass is 431 g/mol. The molecule has 5 nitrogen and oxygen atoms in total. The lowest BCUT2D eigenvalue weighted by Gasteiger charge is -2.18. The first kappa shape index (κ1) is 20.8. The SMILES string of the molecule is CC(C)(C)c1ccc(C(=O)COC(=O)CNC(=O)c2cccc(Br)c2)cc1. The third kappa shape index (κ3) is 6.32. The lowest BCUT2D eigenvalue weighted by atomic mass is 9.86. The van der Waals surface area contributed by atoms with Gasteiger partial charge < -0.3 is 10.1 Å². The van der Waals surface area contributed by atoms with E-state index in [9.17, 15) is 14.4 Å². The van der Waals surface area contributed by atoms with E-state index < -0.39 is 11.9 Å². The van der Waals surface area contributed by atoms with E-state index in [1.165, 1.54) is 0 Å². The molecule has 0 saturated heterocycles. The summed E-state index contributed by atoms with van der Waals surface area (Å²) in [7, 11) is 0. The zero-order chi connectivity index (χ0) is 20.0. The van der Waals surface area contributed by atoms with Crippen molar-refractivity contribution in [3.63, 3.8) is 0 Å². The molecule has 0 saturated carbocycles. The Morgan fingerprint density at radius 1 is 1.00 bits per heavy atom. The van der Waals surface area contributed by atoms with E-state index in [1.807, 2.05) is 12.1 Å². The zero-order valence-corrected chi connectivity index (χ0v) is 17.1. The highest BCUT2D eigenvalue weighted by molar-refractivity contribution is 9.10. The van der Waals surface area contributed by atoms with Gasteiger partial charge in [0.1, 0.15) is 6.54 Å². The first-order valence-electron chi connectivity index (χ1n) is 8.50. The van der Waals surface area contributed by atoms with E-state index in [0.29, 0.717) is 11.1 Å². The molecule has 2 aromatic carbocycles. The van der Waals surface area contributed by atoms with Gasteiger partial charge in [-0.2, -0.15) is 0 Å². The molecule has 0 radical (unpaired) electrons. The lowest BCUT2D eigenvalue weighted by Crippen LogP contribution is -2.31. The number of benzene rings is 2. The molecule has 0 aromatic heterocycles. The van der Waals surface area contributed by atoms with Crippen molar-refractivity contribution < 1.29 is 19.1 Å². The predicted molar refractivity (Wildman–Crippen MR) is 107 cm³/mol. The number of hydrogen-bond acceptors (Lipinski definition) is 4. The van der Waals surface area contributed by atoms with Gasteiger partial charge in [-0.25, -0.2) is 0 Å². The summed E-state index contributed by atoms with van der Waals surface area (Å²) < 4.78 is 5.72. The van der Waals surface area contributed by atoms with E-state index >= 15 is 0 Å². The third-order valence-electron chi connectivity index (χ3n) is 3.92. The second-order valence-corrected chi connectivity index (χ2v) is 8.02. The van der Waals surface area contributed by atoms with Crippen LogP contribution in [0.2, 0.25) is 0 Å². The summed E-state index contributed by atoms with van der Waals surface area (Å²) in [6, 6.07) is 14.0. The van der Waals surface area contributed by atoms with Gasteiger partial charge in [-0.05, 0) is 29.2 Å². The highest BCUT2D eigenvalue weighted by Crippen LogP contribution is 2.22. The molecule has 27 heavy (non-hydrogen) atoms. The average molecular weight is 432 g/mol. The van der Waals surface area contributed by atoms with E-state index in [1.54, 1.807) is 36.4 Å². The second kappa shape index (κ2) is 8.95. The predicted octanol–water partition coefficient (Wildman–Crippen LogP) is 3.90. The van der Waals surface area contributed by atoms with Crippen molar-refractivity contribution in [1.82, 2.24) is 5.32 Å². The van der Waals surface area contributed by atoms with Gasteiger partial charge >= 0.3 is 5.97 Å². The first-order chi connectivity index (χ1) is 12.7. The van der Waals surface area contributed by atoms with Crippen LogP contribution in [0.1, 0.15) is 47.1 Å². The third-order valence-corrected chi connectivity index (χ3v) is 4.41. The second-order valence-electron chi connectivity index (χ2n) is 7.10. The Morgan fingerprint density at radius 2 is 1.67 bits per heavy atom. The van der Waals surface area contributed by atoms with Crippen LogP contribution >= 0.6 is 15.9 Å². The maximum absolute atomic E-state index is 12.1. The highest BCUT2D eigenvalue weighted by atomic mass is 79.9. The van der Waals surface area contributed by atoms with Gasteiger partial charge in [-0.1, -0.05) is 67.0 Å². The van der Waals surface area contributed by atoms with Crippen LogP contribution in [0, 0.1) is 0 Å². The van der Waals surface area contributed by atoms with Crippen LogP contribution in [0.4, 0.5) is 0 Å². The zero-order valence-electron chi connectivity index (χ0n) is 15.5. The van der Waals surface area contributed by atoms with E-state index in [-0.39, 0.29) is 24.3 Å². The van der Waals surface area contributed by atoms with E-state index in [0.717, 1.165) is 10.0 Å². The van der Waals surface area contributed by atoms with E-state index in [4.69, 9.17) is 4.74 Å². The maximum atomic E-state index is 12.1. The number of hydrogen-bond donors (Lipinski definition) is 1. The minimum absolute atomic E-state index is 0.000586. The van der Waals surface area contributed by atoms with Crippen molar-refractivity contribution >= 4 is 33.6 Å². The number of halogens is 1. The molecule has 1 amide bonds. The van der Waals surface area contributed by atoms with Crippen molar-refractivity contribution in [3.05, 3.63) is 69.7 Å². The molecule has 142 valence electrons. The number of Topliss-reactive ketones (excluding diaryl/α,β-unsaturated/α-hetero) is 1. The topological polar surface area (TPSA) is 72.5 Å². The molecule has 2 aromatic rings. The first-order valence-corrected chi connectivity index (χ1v) is 9.29. The lowest BCUT2D eigenvalue weighted by molar-refractivity contribution is -0.141. The normalized spacial score (nSPS) is 11.0. The van der Waals surface area contributed by atoms with Crippen LogP contribution in [0.5, 0.6) is 0 Å². The molecule has 1 N–H and O–H groups in total. The molecule has 0 aliphatic rings. The molecule has 2 rings (SSSR count). The minimum Gasteiger partial charge on any atom is -0.456 e. The summed E-state index contributed by atoms with van der Waals surface area (Å²) >= 11 is 3.28. The van der Waals surface area contributed by atoms with Gasteiger partial charge in [0.15, 0.2) is 12.4 Å². The summed E-state index contributed by atoms with van der Waals surface area (Å²) in [4.78, 5) is 35.9. The van der Waals surface area contributed by atoms with E-state index in [2.05, 4.69) is 42.0 Å². The molecule has 6 heteroatoms. The Morgan fingerprint density at radius 3 is 2.26 bits per heavy atom. The summed E-state index contributed by atoms with van der Waals surface area (Å²) in [5.41, 5.74) is 2.02. The number of rotatable bonds is 6. The van der Waals surface area contributed by atoms with Crippen LogP contribution in [-0.2, 0) is 14.9 Å². The quantitative estimate of drug-likeness (QED) is 0.555. The molecule has 0 aliphatic heterocycles. The fraction of sp³-hybridized carbons (Fsp3) is 0.286. The molecule has 0 fully saturated rings. The number of carbonyl (C=O) groups excluding carboxylic acids is 3. The number of esters is 1. The van der Waals surface area contributed by atoms with Gasteiger partial charge in [0.2, 0.25) is 0 Å². The largest absolute Gasteiger partial charge is 0.456 e. The number of ether oxygens (including phenoxy) is 1. The fourth-order valence-corrected chi connectivity index (χ4v) is 2.72. The van der Waals surface area contributed by atoms with Crippen molar-refractivity contribution in [2.24, 2.45) is 0 Å². The minimum atomic E-state index is -0.669. The smallest absolute Gasteiger partial charge is 0.325 e. The van der Waals surface area contributed by atoms with Crippen molar-refractivity contribution in [3.8, 4) is 0 Å². The van der Waals surface area contributed by atoms with Gasteiger partial charge in [0, 0.05) is 15.6 Å². The molecule has 0 spiro atoms. The van der Waals surface area contributed by atoms with Gasteiger partial charge in [0.25, 0.3) is 5.91 Å². The van der Waals surface area contributed by atoms with Crippen LogP contribution in [0.25, 0.3) is 0 Å². The Labute approximate surface area is 167 Å². The molecule has 0 atom stereocenters. The Kier molecular flexibility index (Phi) is 6.91. The number of amides is 1. The fourth-order valence-electron chi connectivity index (χ4n) is 2.32. The molecule has 0 unspecified atom stereocenters. The van der Waals surface area contributed by atoms with Crippen LogP contribution < -0.4 is 5.32 Å². The maximum Gasteiger partial charge on any atom is 0.325 e. The Hall–Kier alpha value is -2.47. The molecule has 0 bridgehead atoms. The molecule has 0 heterocycles. The summed E-state index contributed by atoms with van der Waals surface area (Å²) in [6.07, 6.45) is 0. The summed E-state index contributed by atoms with van der Waals surface area (Å²) in [6.45, 7) is 5.61. The number of carbonyl (C=O) groups is 3. The van der Waals surface area contributed by atoms with Crippen molar-refractivity contribution in [2.45, 2.75) is 26.2 Å². The number of ketones is 1. The highest BCUT2D eigenvalue weighted by Gasteiger charge is 2.15. The van der Waals surface area contributed by atoms with Crippen LogP contribution in [-0.4, -0.2) is 30.8 Å². The Balaban J connectivity index is 1.81. The molecule has 0 aliphatic carbocycles. The van der Waals surface area contributed by atoms with Gasteiger partial charge in [0.05, 0.1) is 0 Å². The van der Waals surface area contributed by atoms with Crippen molar-refractivity contribution in [2.75, 3.05) is 13.2 Å². The van der Waals surface area contributed by atoms with Gasteiger partial charge in [-0.3, -0.25) is 14.4 Å². The number of nitrogens with one attached hydrogen (secondary N) is 1. The summed E-state index contributed by atoms with van der Waals surface area (Å²) in [5.74, 6) is -1.35. The van der Waals surface area contributed by atoms with Crippen molar-refractivity contribution in [1.29, 1.82) is 0 Å².